The Morgan fingerprint density at radius 3 is 2.22 bits per heavy atom. The van der Waals surface area contributed by atoms with Gasteiger partial charge in [0.2, 0.25) is 0 Å². The van der Waals surface area contributed by atoms with Gasteiger partial charge in [-0.25, -0.2) is 4.79 Å². The maximum absolute atomic E-state index is 12.0. The van der Waals surface area contributed by atoms with Gasteiger partial charge in [-0.3, -0.25) is 4.79 Å². The predicted molar refractivity (Wildman–Crippen MR) is 58.1 cm³/mol. The molecule has 0 aliphatic carbocycles. The molecule has 1 aromatic carbocycles. The number of anilines is 1. The van der Waals surface area contributed by atoms with Crippen molar-refractivity contribution in [3.05, 3.63) is 27.7 Å². The third-order valence-corrected chi connectivity index (χ3v) is 2.58. The predicted octanol–water partition coefficient (Wildman–Crippen LogP) is 3.19. The van der Waals surface area contributed by atoms with Crippen molar-refractivity contribution in [3.63, 3.8) is 0 Å². The van der Waals surface area contributed by atoms with Gasteiger partial charge < -0.3 is 10.4 Å². The van der Waals surface area contributed by atoms with Crippen molar-refractivity contribution in [1.82, 2.24) is 0 Å². The van der Waals surface area contributed by atoms with Gasteiger partial charge in [0.1, 0.15) is 0 Å². The smallest absolute Gasteiger partial charge is 0.471 e. The Bertz CT molecular complexity index is 517. The quantitative estimate of drug-likeness (QED) is 0.881. The summed E-state index contributed by atoms with van der Waals surface area (Å²) in [7, 11) is 0. The molecule has 4 nitrogen and oxygen atoms in total. The summed E-state index contributed by atoms with van der Waals surface area (Å²) in [6.45, 7) is 0. The van der Waals surface area contributed by atoms with Crippen LogP contribution in [0.5, 0.6) is 0 Å². The zero-order valence-corrected chi connectivity index (χ0v) is 9.82. The molecule has 0 aliphatic rings. The Morgan fingerprint density at radius 1 is 1.22 bits per heavy atom. The highest BCUT2D eigenvalue weighted by Gasteiger charge is 2.38. The normalized spacial score (nSPS) is 11.2. The lowest BCUT2D eigenvalue weighted by Gasteiger charge is -2.10. The van der Waals surface area contributed by atoms with E-state index >= 15 is 0 Å². The molecule has 9 heteroatoms. The van der Waals surface area contributed by atoms with Crippen LogP contribution in [0.3, 0.4) is 0 Å². The van der Waals surface area contributed by atoms with E-state index in [1.54, 1.807) is 0 Å². The van der Waals surface area contributed by atoms with E-state index in [1.807, 2.05) is 0 Å². The average molecular weight is 302 g/mol. The zero-order valence-electron chi connectivity index (χ0n) is 8.31. The molecule has 0 aliphatic heterocycles. The van der Waals surface area contributed by atoms with E-state index in [0.29, 0.717) is 0 Å². The molecule has 1 rings (SSSR count). The Hall–Kier alpha value is -1.47. The van der Waals surface area contributed by atoms with Gasteiger partial charge in [0.25, 0.3) is 0 Å². The number of carbonyl (C=O) groups is 2. The lowest BCUT2D eigenvalue weighted by Crippen LogP contribution is -2.30. The topological polar surface area (TPSA) is 66.4 Å². The Balaban J connectivity index is 3.13. The minimum absolute atomic E-state index is 0.283. The van der Waals surface area contributed by atoms with Crippen LogP contribution in [0.4, 0.5) is 18.9 Å². The molecule has 0 saturated carbocycles. The van der Waals surface area contributed by atoms with Crippen molar-refractivity contribution in [3.8, 4) is 0 Å². The molecular formula is C9H4Cl2F3NO3. The van der Waals surface area contributed by atoms with Crippen LogP contribution < -0.4 is 5.32 Å². The third-order valence-electron chi connectivity index (χ3n) is 1.77. The Kier molecular flexibility index (Phi) is 4.08. The van der Waals surface area contributed by atoms with E-state index in [4.69, 9.17) is 28.3 Å². The first-order valence-corrected chi connectivity index (χ1v) is 4.99. The van der Waals surface area contributed by atoms with Crippen molar-refractivity contribution in [2.24, 2.45) is 0 Å². The minimum Gasteiger partial charge on any atom is -0.478 e. The summed E-state index contributed by atoms with van der Waals surface area (Å²) < 4.78 is 36.0. The van der Waals surface area contributed by atoms with Gasteiger partial charge in [0.15, 0.2) is 0 Å². The fourth-order valence-corrected chi connectivity index (χ4v) is 1.43. The summed E-state index contributed by atoms with van der Waals surface area (Å²) in [6, 6.07) is 1.69. The van der Waals surface area contributed by atoms with Gasteiger partial charge in [-0.05, 0) is 12.1 Å². The first-order chi connectivity index (χ1) is 8.12. The molecule has 0 atom stereocenters. The Labute approximate surface area is 108 Å². The minimum atomic E-state index is -5.09. The van der Waals surface area contributed by atoms with E-state index in [0.717, 1.165) is 12.1 Å². The second-order valence-corrected chi connectivity index (χ2v) is 3.86. The van der Waals surface area contributed by atoms with Crippen molar-refractivity contribution in [2.75, 3.05) is 5.32 Å². The van der Waals surface area contributed by atoms with Crippen LogP contribution in [0.1, 0.15) is 10.4 Å². The van der Waals surface area contributed by atoms with E-state index < -0.39 is 29.3 Å². The molecule has 0 fully saturated rings. The van der Waals surface area contributed by atoms with Crippen molar-refractivity contribution < 1.29 is 27.9 Å². The molecule has 18 heavy (non-hydrogen) atoms. The monoisotopic (exact) mass is 301 g/mol. The number of rotatable bonds is 2. The zero-order chi connectivity index (χ0) is 14.1. The van der Waals surface area contributed by atoms with E-state index in [9.17, 15) is 22.8 Å². The van der Waals surface area contributed by atoms with Gasteiger partial charge in [0, 0.05) is 5.69 Å². The van der Waals surface area contributed by atoms with E-state index in [1.165, 1.54) is 5.32 Å². The summed E-state index contributed by atoms with van der Waals surface area (Å²) in [5.41, 5.74) is -0.925. The highest BCUT2D eigenvalue weighted by molar-refractivity contribution is 6.44. The van der Waals surface area contributed by atoms with Crippen LogP contribution in [0, 0.1) is 0 Å². The lowest BCUT2D eigenvalue weighted by molar-refractivity contribution is -0.167. The molecule has 98 valence electrons. The molecule has 2 N–H and O–H groups in total. The molecular weight excluding hydrogens is 298 g/mol. The summed E-state index contributed by atoms with van der Waals surface area (Å²) in [4.78, 5) is 21.4. The van der Waals surface area contributed by atoms with Crippen LogP contribution in [0.2, 0.25) is 10.0 Å². The van der Waals surface area contributed by atoms with Crippen LogP contribution >= 0.6 is 23.2 Å². The SMILES string of the molecule is O=C(O)c1cc(NC(=O)C(F)(F)F)cc(Cl)c1Cl. The number of carboxylic acids is 1. The molecule has 1 aromatic rings. The first kappa shape index (κ1) is 14.6. The van der Waals surface area contributed by atoms with Crippen molar-refractivity contribution >= 4 is 40.8 Å². The molecule has 0 aromatic heterocycles. The molecule has 1 amide bonds. The number of hydrogen-bond acceptors (Lipinski definition) is 2. The molecule has 0 saturated heterocycles. The number of aromatic carboxylic acids is 1. The summed E-state index contributed by atoms with van der Waals surface area (Å²) in [6.07, 6.45) is -5.09. The third kappa shape index (κ3) is 3.27. The van der Waals surface area contributed by atoms with Gasteiger partial charge >= 0.3 is 18.1 Å². The fraction of sp³-hybridized carbons (Fsp3) is 0.111. The second kappa shape index (κ2) is 5.03. The number of alkyl halides is 3. The van der Waals surface area contributed by atoms with Gasteiger partial charge in [-0.2, -0.15) is 13.2 Å². The number of halogens is 5. The van der Waals surface area contributed by atoms with Crippen molar-refractivity contribution in [2.45, 2.75) is 6.18 Å². The van der Waals surface area contributed by atoms with Crippen molar-refractivity contribution in [1.29, 1.82) is 0 Å². The maximum atomic E-state index is 12.0. The molecule has 0 radical (unpaired) electrons. The number of carboxylic acid groups (broad SMARTS) is 1. The highest BCUT2D eigenvalue weighted by atomic mass is 35.5. The van der Waals surface area contributed by atoms with Gasteiger partial charge in [-0.1, -0.05) is 23.2 Å². The number of benzene rings is 1. The number of carbonyl (C=O) groups excluding carboxylic acids is 1. The highest BCUT2D eigenvalue weighted by Crippen LogP contribution is 2.30. The van der Waals surface area contributed by atoms with Gasteiger partial charge in [-0.15, -0.1) is 0 Å². The standard InChI is InChI=1S/C9H4Cl2F3NO3/c10-5-2-3(15-8(18)9(12,13)14)1-4(6(5)11)7(16)17/h1-2H,(H,15,18)(H,16,17). The van der Waals surface area contributed by atoms with Gasteiger partial charge in [0.05, 0.1) is 15.6 Å². The Morgan fingerprint density at radius 2 is 1.78 bits per heavy atom. The number of amides is 1. The molecule has 0 unspecified atom stereocenters. The second-order valence-electron chi connectivity index (χ2n) is 3.08. The molecule has 0 heterocycles. The van der Waals surface area contributed by atoms with Crippen LogP contribution in [0.15, 0.2) is 12.1 Å². The summed E-state index contributed by atoms with van der Waals surface area (Å²) in [5, 5.41) is 9.60. The summed E-state index contributed by atoms with van der Waals surface area (Å²) >= 11 is 11.1. The van der Waals surface area contributed by atoms with Crippen LogP contribution in [-0.4, -0.2) is 23.2 Å². The average Bonchev–Trinajstić information content (AvgIpc) is 2.21. The lowest BCUT2D eigenvalue weighted by atomic mass is 10.2. The summed E-state index contributed by atoms with van der Waals surface area (Å²) in [5.74, 6) is -3.72. The van der Waals surface area contributed by atoms with E-state index in [-0.39, 0.29) is 10.0 Å². The number of hydrogen-bond donors (Lipinski definition) is 2. The molecule has 0 bridgehead atoms. The van der Waals surface area contributed by atoms with Crippen LogP contribution in [-0.2, 0) is 4.79 Å². The first-order valence-electron chi connectivity index (χ1n) is 4.23. The fourth-order valence-electron chi connectivity index (χ4n) is 1.02. The maximum Gasteiger partial charge on any atom is 0.471 e. The number of nitrogens with one attached hydrogen (secondary N) is 1. The van der Waals surface area contributed by atoms with E-state index in [2.05, 4.69) is 0 Å². The molecule has 0 spiro atoms. The largest absolute Gasteiger partial charge is 0.478 e. The van der Waals surface area contributed by atoms with Crippen LogP contribution in [0.25, 0.3) is 0 Å².